The molecule has 0 atom stereocenters. The van der Waals surface area contributed by atoms with Crippen molar-refractivity contribution in [2.45, 2.75) is 51.0 Å². The van der Waals surface area contributed by atoms with Crippen LogP contribution in [-0.4, -0.2) is 50.7 Å². The van der Waals surface area contributed by atoms with Crippen molar-refractivity contribution in [1.29, 1.82) is 0 Å². The third-order valence-corrected chi connectivity index (χ3v) is 4.25. The Morgan fingerprint density at radius 1 is 1.37 bits per heavy atom. The summed E-state index contributed by atoms with van der Waals surface area (Å²) in [7, 11) is 5.59. The van der Waals surface area contributed by atoms with E-state index in [-0.39, 0.29) is 5.97 Å². The van der Waals surface area contributed by atoms with Gasteiger partial charge in [0, 0.05) is 13.1 Å². The highest BCUT2D eigenvalue weighted by atomic mass is 16.5. The van der Waals surface area contributed by atoms with Gasteiger partial charge in [0.1, 0.15) is 5.54 Å². The van der Waals surface area contributed by atoms with E-state index in [9.17, 15) is 4.79 Å². The normalized spacial score (nSPS) is 27.5. The summed E-state index contributed by atoms with van der Waals surface area (Å²) in [6.45, 7) is 4.01. The summed E-state index contributed by atoms with van der Waals surface area (Å²) in [6.07, 6.45) is 6.63. The molecule has 0 unspecified atom stereocenters. The number of carbonyl (C=O) groups excluding carboxylic acids is 1. The quantitative estimate of drug-likeness (QED) is 0.719. The topological polar surface area (TPSA) is 41.6 Å². The van der Waals surface area contributed by atoms with Crippen LogP contribution in [0, 0.1) is 5.92 Å². The number of methoxy groups -OCH3 is 1. The van der Waals surface area contributed by atoms with Crippen molar-refractivity contribution >= 4 is 5.97 Å². The van der Waals surface area contributed by atoms with Gasteiger partial charge in [-0.1, -0.05) is 19.8 Å². The van der Waals surface area contributed by atoms with Gasteiger partial charge in [0.05, 0.1) is 7.11 Å². The third-order valence-electron chi connectivity index (χ3n) is 4.25. The van der Waals surface area contributed by atoms with E-state index in [1.165, 1.54) is 20.0 Å². The molecule has 19 heavy (non-hydrogen) atoms. The highest BCUT2D eigenvalue weighted by molar-refractivity contribution is 5.80. The molecule has 0 aromatic heterocycles. The molecule has 1 aliphatic rings. The SMILES string of the molecule is CCCC1CCC(NCCN(C)C)(C(=O)OC)CC1. The number of esters is 1. The van der Waals surface area contributed by atoms with Gasteiger partial charge in [-0.2, -0.15) is 0 Å². The van der Waals surface area contributed by atoms with Gasteiger partial charge >= 0.3 is 5.97 Å². The zero-order valence-corrected chi connectivity index (χ0v) is 13.0. The van der Waals surface area contributed by atoms with Crippen LogP contribution in [0.3, 0.4) is 0 Å². The van der Waals surface area contributed by atoms with Crippen molar-refractivity contribution in [1.82, 2.24) is 10.2 Å². The second-order valence-corrected chi connectivity index (χ2v) is 6.04. The van der Waals surface area contributed by atoms with Crippen molar-refractivity contribution in [3.63, 3.8) is 0 Å². The Hall–Kier alpha value is -0.610. The number of hydrogen-bond donors (Lipinski definition) is 1. The smallest absolute Gasteiger partial charge is 0.326 e. The van der Waals surface area contributed by atoms with Gasteiger partial charge in [-0.3, -0.25) is 4.79 Å². The highest BCUT2D eigenvalue weighted by Crippen LogP contribution is 2.35. The molecule has 4 heteroatoms. The number of rotatable bonds is 7. The molecule has 0 aliphatic heterocycles. The van der Waals surface area contributed by atoms with Crippen molar-refractivity contribution in [2.75, 3.05) is 34.3 Å². The molecule has 0 spiro atoms. The first kappa shape index (κ1) is 16.4. The maximum Gasteiger partial charge on any atom is 0.326 e. The van der Waals surface area contributed by atoms with E-state index in [0.29, 0.717) is 0 Å². The van der Waals surface area contributed by atoms with Crippen LogP contribution in [0.25, 0.3) is 0 Å². The zero-order valence-electron chi connectivity index (χ0n) is 13.0. The molecule has 1 fully saturated rings. The minimum atomic E-state index is -0.436. The molecular weight excluding hydrogens is 240 g/mol. The lowest BCUT2D eigenvalue weighted by molar-refractivity contribution is -0.150. The monoisotopic (exact) mass is 270 g/mol. The Balaban J connectivity index is 2.55. The molecule has 0 heterocycles. The lowest BCUT2D eigenvalue weighted by Crippen LogP contribution is -2.56. The molecule has 1 rings (SSSR count). The fourth-order valence-electron chi connectivity index (χ4n) is 3.03. The van der Waals surface area contributed by atoms with Crippen LogP contribution in [0.5, 0.6) is 0 Å². The molecule has 0 aromatic rings. The predicted molar refractivity (Wildman–Crippen MR) is 78.2 cm³/mol. The fraction of sp³-hybridized carbons (Fsp3) is 0.933. The molecule has 1 saturated carbocycles. The van der Waals surface area contributed by atoms with Crippen LogP contribution in [0.2, 0.25) is 0 Å². The summed E-state index contributed by atoms with van der Waals surface area (Å²) in [4.78, 5) is 14.3. The third kappa shape index (κ3) is 4.77. The molecule has 0 radical (unpaired) electrons. The summed E-state index contributed by atoms with van der Waals surface area (Å²) in [5.41, 5.74) is -0.436. The van der Waals surface area contributed by atoms with E-state index in [4.69, 9.17) is 4.74 Å². The van der Waals surface area contributed by atoms with E-state index in [2.05, 4.69) is 17.1 Å². The van der Waals surface area contributed by atoms with Crippen molar-refractivity contribution in [3.05, 3.63) is 0 Å². The number of likely N-dealkylation sites (N-methyl/N-ethyl adjacent to an activating group) is 1. The number of carbonyl (C=O) groups is 1. The Morgan fingerprint density at radius 3 is 2.47 bits per heavy atom. The summed E-state index contributed by atoms with van der Waals surface area (Å²) in [5.74, 6) is 0.708. The molecule has 1 aliphatic carbocycles. The number of nitrogens with zero attached hydrogens (tertiary/aromatic N) is 1. The molecule has 1 N–H and O–H groups in total. The first-order chi connectivity index (χ1) is 9.04. The largest absolute Gasteiger partial charge is 0.468 e. The molecule has 0 bridgehead atoms. The summed E-state index contributed by atoms with van der Waals surface area (Å²) in [5, 5.41) is 3.46. The van der Waals surface area contributed by atoms with Gasteiger partial charge in [0.25, 0.3) is 0 Å². The van der Waals surface area contributed by atoms with Crippen LogP contribution < -0.4 is 5.32 Å². The van der Waals surface area contributed by atoms with Crippen molar-refractivity contribution in [2.24, 2.45) is 5.92 Å². The van der Waals surface area contributed by atoms with E-state index < -0.39 is 5.54 Å². The second kappa shape index (κ2) is 7.85. The number of hydrogen-bond acceptors (Lipinski definition) is 4. The Bertz CT molecular complexity index is 271. The number of ether oxygens (including phenoxy) is 1. The molecule has 0 amide bonds. The van der Waals surface area contributed by atoms with Gasteiger partial charge in [0.2, 0.25) is 0 Å². The maximum atomic E-state index is 12.1. The van der Waals surface area contributed by atoms with Crippen molar-refractivity contribution < 1.29 is 9.53 Å². The van der Waals surface area contributed by atoms with E-state index in [0.717, 1.165) is 44.7 Å². The molecule has 0 saturated heterocycles. The molecule has 4 nitrogen and oxygen atoms in total. The van der Waals surface area contributed by atoms with E-state index >= 15 is 0 Å². The first-order valence-electron chi connectivity index (χ1n) is 7.52. The van der Waals surface area contributed by atoms with Crippen molar-refractivity contribution in [3.8, 4) is 0 Å². The van der Waals surface area contributed by atoms with Crippen LogP contribution >= 0.6 is 0 Å². The lowest BCUT2D eigenvalue weighted by Gasteiger charge is -2.38. The van der Waals surface area contributed by atoms with Crippen LogP contribution in [0.15, 0.2) is 0 Å². The molecular formula is C15H30N2O2. The van der Waals surface area contributed by atoms with Gasteiger partial charge in [-0.15, -0.1) is 0 Å². The molecule has 112 valence electrons. The fourth-order valence-corrected chi connectivity index (χ4v) is 3.03. The highest BCUT2D eigenvalue weighted by Gasteiger charge is 2.42. The van der Waals surface area contributed by atoms with E-state index in [1.54, 1.807) is 0 Å². The predicted octanol–water partition coefficient (Wildman–Crippen LogP) is 2.04. The minimum Gasteiger partial charge on any atom is -0.468 e. The summed E-state index contributed by atoms with van der Waals surface area (Å²) >= 11 is 0. The van der Waals surface area contributed by atoms with Gasteiger partial charge < -0.3 is 15.0 Å². The Morgan fingerprint density at radius 2 is 2.00 bits per heavy atom. The minimum absolute atomic E-state index is 0.0822. The lowest BCUT2D eigenvalue weighted by atomic mass is 9.75. The van der Waals surface area contributed by atoms with Crippen LogP contribution in [-0.2, 0) is 9.53 Å². The average molecular weight is 270 g/mol. The van der Waals surface area contributed by atoms with Crippen LogP contribution in [0.4, 0.5) is 0 Å². The average Bonchev–Trinajstić information content (AvgIpc) is 2.40. The van der Waals surface area contributed by atoms with Gasteiger partial charge in [-0.25, -0.2) is 0 Å². The maximum absolute atomic E-state index is 12.1. The van der Waals surface area contributed by atoms with Gasteiger partial charge in [0.15, 0.2) is 0 Å². The Labute approximate surface area is 117 Å². The standard InChI is InChI=1S/C15H30N2O2/c1-5-6-13-7-9-15(10-8-13,14(18)19-4)16-11-12-17(2)3/h13,16H,5-12H2,1-4H3. The number of nitrogens with one attached hydrogen (secondary N) is 1. The van der Waals surface area contributed by atoms with E-state index in [1.807, 2.05) is 14.1 Å². The summed E-state index contributed by atoms with van der Waals surface area (Å²) < 4.78 is 5.03. The summed E-state index contributed by atoms with van der Waals surface area (Å²) in [6, 6.07) is 0. The second-order valence-electron chi connectivity index (χ2n) is 6.04. The Kier molecular flexibility index (Phi) is 6.80. The zero-order chi connectivity index (χ0) is 14.3. The first-order valence-corrected chi connectivity index (χ1v) is 7.52. The van der Waals surface area contributed by atoms with Crippen LogP contribution in [0.1, 0.15) is 45.4 Å². The van der Waals surface area contributed by atoms with Gasteiger partial charge in [-0.05, 0) is 45.7 Å². The molecule has 0 aromatic carbocycles.